The molecule has 1 atom stereocenters. The van der Waals surface area contributed by atoms with Gasteiger partial charge in [0.25, 0.3) is 0 Å². The number of aromatic nitrogens is 1. The fourth-order valence-corrected chi connectivity index (χ4v) is 5.87. The van der Waals surface area contributed by atoms with Crippen molar-refractivity contribution in [2.75, 3.05) is 26.2 Å². The Morgan fingerprint density at radius 1 is 1.21 bits per heavy atom. The van der Waals surface area contributed by atoms with E-state index in [1.165, 1.54) is 16.4 Å². The van der Waals surface area contributed by atoms with E-state index in [0.29, 0.717) is 26.1 Å². The number of pyridine rings is 1. The van der Waals surface area contributed by atoms with Gasteiger partial charge in [-0.3, -0.25) is 9.78 Å². The van der Waals surface area contributed by atoms with Crippen molar-refractivity contribution < 1.29 is 21.6 Å². The molecule has 3 rings (SSSR count). The molecule has 2 aromatic rings. The minimum Gasteiger partial charge on any atom is -0.337 e. The Kier molecular flexibility index (Phi) is 8.58. The van der Waals surface area contributed by atoms with Crippen molar-refractivity contribution in [3.05, 3.63) is 71.9 Å². The Morgan fingerprint density at radius 3 is 2.56 bits per heavy atom. The first-order valence-corrected chi connectivity index (χ1v) is 14.0. The smallest absolute Gasteiger partial charge is 0.243 e. The third-order valence-corrected chi connectivity index (χ3v) is 8.66. The topological polar surface area (TPSA) is 117 Å². The molecule has 184 valence electrons. The lowest BCUT2D eigenvalue weighted by Crippen LogP contribution is -2.32. The summed E-state index contributed by atoms with van der Waals surface area (Å²) in [5, 5.41) is 0.834. The number of amides is 1. The van der Waals surface area contributed by atoms with E-state index in [-0.39, 0.29) is 36.2 Å². The summed E-state index contributed by atoms with van der Waals surface area (Å²) in [7, 11) is -7.25. The van der Waals surface area contributed by atoms with Crippen LogP contribution in [0.25, 0.3) is 0 Å². The van der Waals surface area contributed by atoms with Crippen LogP contribution in [0.2, 0.25) is 0 Å². The van der Waals surface area contributed by atoms with E-state index in [1.54, 1.807) is 23.2 Å². The van der Waals surface area contributed by atoms with E-state index >= 15 is 0 Å². The molecule has 1 aromatic heterocycles. The molecule has 0 saturated carbocycles. The van der Waals surface area contributed by atoms with Gasteiger partial charge in [0.15, 0.2) is 0 Å². The monoisotopic (exact) mass is 506 g/mol. The standard InChI is InChI=1S/C23H30N4O5S2/c1-3-26(18-21-7-5-6-13-24-21)23(28)15-19-8-10-22(11-9-19)34(31,32)27-14-12-20(17-27)16-25-33(29,30)4-2/h4-11,13,20,25H,2-3,12,14-18H2,1H3. The number of nitrogens with zero attached hydrogens (tertiary/aromatic N) is 3. The molecule has 11 heteroatoms. The molecule has 0 aliphatic carbocycles. The molecule has 1 unspecified atom stereocenters. The normalized spacial score (nSPS) is 16.9. The van der Waals surface area contributed by atoms with Crippen LogP contribution < -0.4 is 4.72 Å². The molecular formula is C23H30N4O5S2. The van der Waals surface area contributed by atoms with E-state index in [1.807, 2.05) is 25.1 Å². The maximum absolute atomic E-state index is 13.0. The highest BCUT2D eigenvalue weighted by molar-refractivity contribution is 7.92. The van der Waals surface area contributed by atoms with Crippen LogP contribution in [0.3, 0.4) is 0 Å². The van der Waals surface area contributed by atoms with Crippen molar-refractivity contribution in [2.24, 2.45) is 5.92 Å². The first kappa shape index (κ1) is 26.0. The van der Waals surface area contributed by atoms with E-state index in [2.05, 4.69) is 16.3 Å². The fourth-order valence-electron chi connectivity index (χ4n) is 3.75. The molecular weight excluding hydrogens is 476 g/mol. The molecule has 1 aliphatic rings. The Bertz CT molecular complexity index is 1200. The summed E-state index contributed by atoms with van der Waals surface area (Å²) < 4.78 is 52.9. The summed E-state index contributed by atoms with van der Waals surface area (Å²) in [6.07, 6.45) is 2.42. The molecule has 1 aromatic carbocycles. The van der Waals surface area contributed by atoms with Crippen molar-refractivity contribution >= 4 is 26.0 Å². The predicted octanol–water partition coefficient (Wildman–Crippen LogP) is 1.75. The predicted molar refractivity (Wildman–Crippen MR) is 129 cm³/mol. The Balaban J connectivity index is 1.59. The third kappa shape index (κ3) is 6.72. The minimum absolute atomic E-state index is 0.0619. The zero-order chi connectivity index (χ0) is 24.8. The SMILES string of the molecule is C=CS(=O)(=O)NCC1CCN(S(=O)(=O)c2ccc(CC(=O)N(CC)Cc3ccccn3)cc2)C1. The second-order valence-corrected chi connectivity index (χ2v) is 11.8. The maximum atomic E-state index is 13.0. The number of likely N-dealkylation sites (N-methyl/N-ethyl adjacent to an activating group) is 1. The van der Waals surface area contributed by atoms with E-state index < -0.39 is 20.0 Å². The fraction of sp³-hybridized carbons (Fsp3) is 0.391. The lowest BCUT2D eigenvalue weighted by atomic mass is 10.1. The first-order valence-electron chi connectivity index (χ1n) is 11.0. The quantitative estimate of drug-likeness (QED) is 0.496. The van der Waals surface area contributed by atoms with Crippen LogP contribution in [0.5, 0.6) is 0 Å². The summed E-state index contributed by atoms with van der Waals surface area (Å²) in [5.74, 6) is -0.173. The van der Waals surface area contributed by atoms with Crippen LogP contribution in [0.1, 0.15) is 24.6 Å². The summed E-state index contributed by atoms with van der Waals surface area (Å²) in [4.78, 5) is 18.9. The number of rotatable bonds is 11. The molecule has 1 N–H and O–H groups in total. The molecule has 34 heavy (non-hydrogen) atoms. The lowest BCUT2D eigenvalue weighted by Gasteiger charge is -2.21. The van der Waals surface area contributed by atoms with Gasteiger partial charge < -0.3 is 4.90 Å². The number of benzene rings is 1. The molecule has 0 spiro atoms. The maximum Gasteiger partial charge on any atom is 0.243 e. The van der Waals surface area contributed by atoms with Crippen molar-refractivity contribution in [1.29, 1.82) is 0 Å². The van der Waals surface area contributed by atoms with Gasteiger partial charge >= 0.3 is 0 Å². The van der Waals surface area contributed by atoms with Gasteiger partial charge in [0.05, 0.1) is 23.6 Å². The van der Waals surface area contributed by atoms with Gasteiger partial charge in [-0.15, -0.1) is 0 Å². The molecule has 1 fully saturated rings. The number of carbonyl (C=O) groups excluding carboxylic acids is 1. The molecule has 9 nitrogen and oxygen atoms in total. The third-order valence-electron chi connectivity index (χ3n) is 5.77. The van der Waals surface area contributed by atoms with Crippen LogP contribution in [-0.2, 0) is 37.8 Å². The number of sulfonamides is 2. The Morgan fingerprint density at radius 2 is 1.94 bits per heavy atom. The van der Waals surface area contributed by atoms with Crippen LogP contribution >= 0.6 is 0 Å². The Labute approximate surface area is 201 Å². The van der Waals surface area contributed by atoms with E-state index in [4.69, 9.17) is 0 Å². The van der Waals surface area contributed by atoms with Crippen LogP contribution in [0.4, 0.5) is 0 Å². The molecule has 1 amide bonds. The Hall–Kier alpha value is -2.60. The number of carbonyl (C=O) groups is 1. The molecule has 0 bridgehead atoms. The summed E-state index contributed by atoms with van der Waals surface area (Å²) in [5.41, 5.74) is 1.53. The largest absolute Gasteiger partial charge is 0.337 e. The van der Waals surface area contributed by atoms with Gasteiger partial charge in [0, 0.05) is 37.8 Å². The van der Waals surface area contributed by atoms with Crippen LogP contribution in [0, 0.1) is 5.92 Å². The minimum atomic E-state index is -3.71. The van der Waals surface area contributed by atoms with Crippen LogP contribution in [-0.4, -0.2) is 63.1 Å². The molecule has 1 aliphatic heterocycles. The average Bonchev–Trinajstić information content (AvgIpc) is 3.32. The van der Waals surface area contributed by atoms with Crippen molar-refractivity contribution in [1.82, 2.24) is 18.9 Å². The lowest BCUT2D eigenvalue weighted by molar-refractivity contribution is -0.130. The zero-order valence-electron chi connectivity index (χ0n) is 19.1. The highest BCUT2D eigenvalue weighted by Crippen LogP contribution is 2.24. The summed E-state index contributed by atoms with van der Waals surface area (Å²) >= 11 is 0. The van der Waals surface area contributed by atoms with E-state index in [9.17, 15) is 21.6 Å². The van der Waals surface area contributed by atoms with Crippen molar-refractivity contribution in [2.45, 2.75) is 31.2 Å². The zero-order valence-corrected chi connectivity index (χ0v) is 20.8. The van der Waals surface area contributed by atoms with Gasteiger partial charge in [-0.25, -0.2) is 21.6 Å². The van der Waals surface area contributed by atoms with Crippen LogP contribution in [0.15, 0.2) is 65.5 Å². The number of hydrogen-bond acceptors (Lipinski definition) is 6. The average molecular weight is 507 g/mol. The second-order valence-electron chi connectivity index (χ2n) is 8.13. The first-order chi connectivity index (χ1) is 16.1. The van der Waals surface area contributed by atoms with Gasteiger partial charge in [-0.1, -0.05) is 24.8 Å². The van der Waals surface area contributed by atoms with E-state index in [0.717, 1.165) is 16.7 Å². The van der Waals surface area contributed by atoms with Gasteiger partial charge in [-0.2, -0.15) is 4.31 Å². The summed E-state index contributed by atoms with van der Waals surface area (Å²) in [6, 6.07) is 11.9. The number of hydrogen-bond donors (Lipinski definition) is 1. The molecule has 1 saturated heterocycles. The van der Waals surface area contributed by atoms with Gasteiger partial charge in [0.2, 0.25) is 26.0 Å². The summed E-state index contributed by atoms with van der Waals surface area (Å²) in [6.45, 7) is 6.83. The molecule has 2 heterocycles. The highest BCUT2D eigenvalue weighted by atomic mass is 32.2. The second kappa shape index (κ2) is 11.2. The molecule has 0 radical (unpaired) electrons. The van der Waals surface area contributed by atoms with Crippen molar-refractivity contribution in [3.8, 4) is 0 Å². The van der Waals surface area contributed by atoms with Gasteiger partial charge in [-0.05, 0) is 49.1 Å². The highest BCUT2D eigenvalue weighted by Gasteiger charge is 2.32. The van der Waals surface area contributed by atoms with Crippen molar-refractivity contribution in [3.63, 3.8) is 0 Å². The van der Waals surface area contributed by atoms with Gasteiger partial charge in [0.1, 0.15) is 0 Å². The number of nitrogens with one attached hydrogen (secondary N) is 1.